The lowest BCUT2D eigenvalue weighted by atomic mass is 9.91. The number of alkyl halides is 2. The third kappa shape index (κ3) is 17.2. The largest absolute Gasteiger partial charge is 0.110 e. The Balaban J connectivity index is 0.000000183. The zero-order chi connectivity index (χ0) is 19.4. The first kappa shape index (κ1) is 25.6. The molecule has 0 aromatic heterocycles. The van der Waals surface area contributed by atoms with E-state index in [1.165, 1.54) is 148 Å². The summed E-state index contributed by atoms with van der Waals surface area (Å²) in [5, 5.41) is 0. The van der Waals surface area contributed by atoms with Crippen LogP contribution in [0.25, 0.3) is 0 Å². The van der Waals surface area contributed by atoms with Crippen molar-refractivity contribution in [3.05, 3.63) is 0 Å². The molecule has 0 bridgehead atoms. The molecule has 0 N–H and O–H groups in total. The molecule has 0 spiro atoms. The summed E-state index contributed by atoms with van der Waals surface area (Å²) in [5.41, 5.74) is 0. The Bertz CT molecular complexity index is 209. The molecule has 0 unspecified atom stereocenters. The van der Waals surface area contributed by atoms with E-state index >= 15 is 0 Å². The summed E-state index contributed by atoms with van der Waals surface area (Å²) in [6, 6.07) is 0. The van der Waals surface area contributed by atoms with Crippen LogP contribution in [-0.4, -0.2) is 4.84 Å². The maximum Gasteiger partial charge on any atom is 0.110 e. The van der Waals surface area contributed by atoms with E-state index < -0.39 is 0 Å². The lowest BCUT2D eigenvalue weighted by Crippen LogP contribution is -2.12. The summed E-state index contributed by atoms with van der Waals surface area (Å²) < 4.78 is 0. The highest BCUT2D eigenvalue weighted by Gasteiger charge is 2.18. The van der Waals surface area contributed by atoms with Gasteiger partial charge >= 0.3 is 0 Å². The molecule has 0 aromatic carbocycles. The van der Waals surface area contributed by atoms with Crippen LogP contribution < -0.4 is 0 Å². The first-order valence-electron chi connectivity index (χ1n) is 12.6. The number of hydrogen-bond donors (Lipinski definition) is 0. The number of hydrogen-bond acceptors (Lipinski definition) is 0. The van der Waals surface area contributed by atoms with Gasteiger partial charge in [-0.25, -0.2) is 0 Å². The van der Waals surface area contributed by atoms with Gasteiger partial charge in [0.2, 0.25) is 0 Å². The van der Waals surface area contributed by atoms with Crippen LogP contribution >= 0.6 is 23.2 Å². The van der Waals surface area contributed by atoms with Crippen molar-refractivity contribution in [1.29, 1.82) is 0 Å². The van der Waals surface area contributed by atoms with Crippen molar-refractivity contribution in [1.82, 2.24) is 0 Å². The van der Waals surface area contributed by atoms with Crippen LogP contribution in [-0.2, 0) is 0 Å². The van der Waals surface area contributed by atoms with E-state index in [9.17, 15) is 0 Å². The third-order valence-electron chi connectivity index (χ3n) is 6.51. The summed E-state index contributed by atoms with van der Waals surface area (Å²) in [5.74, 6) is 0.585. The average molecular weight is 420 g/mol. The van der Waals surface area contributed by atoms with Gasteiger partial charge in [0.15, 0.2) is 0 Å². The van der Waals surface area contributed by atoms with Crippen molar-refractivity contribution in [2.75, 3.05) is 0 Å². The summed E-state index contributed by atoms with van der Waals surface area (Å²) >= 11 is 11.4. The SMILES string of the molecule is C1CCCCC1.C1CCCCC1.C1CCCCC1.ClC(Cl)C1CCCCC1. The summed E-state index contributed by atoms with van der Waals surface area (Å²) in [7, 11) is 0. The first-order chi connectivity index (χ1) is 13.3. The van der Waals surface area contributed by atoms with Crippen molar-refractivity contribution in [2.45, 2.75) is 153 Å². The maximum atomic E-state index is 5.72. The normalized spacial score (nSPS) is 23.7. The molecule has 0 heterocycles. The second kappa shape index (κ2) is 19.9. The lowest BCUT2D eigenvalue weighted by Gasteiger charge is -2.21. The second-order valence-corrected chi connectivity index (χ2v) is 10.3. The minimum Gasteiger partial charge on any atom is -0.105 e. The minimum atomic E-state index is -0.120. The van der Waals surface area contributed by atoms with E-state index in [1.54, 1.807) is 0 Å². The van der Waals surface area contributed by atoms with Gasteiger partial charge in [-0.1, -0.05) is 135 Å². The quantitative estimate of drug-likeness (QED) is 0.371. The Kier molecular flexibility index (Phi) is 18.9. The van der Waals surface area contributed by atoms with E-state index in [4.69, 9.17) is 23.2 Å². The van der Waals surface area contributed by atoms with Crippen LogP contribution in [0.5, 0.6) is 0 Å². The van der Waals surface area contributed by atoms with E-state index in [1.807, 2.05) is 0 Å². The van der Waals surface area contributed by atoms with Crippen LogP contribution in [0.1, 0.15) is 148 Å². The summed E-state index contributed by atoms with van der Waals surface area (Å²) in [4.78, 5) is -0.120. The molecule has 4 aliphatic carbocycles. The Labute approximate surface area is 181 Å². The molecule has 4 fully saturated rings. The number of halogens is 2. The van der Waals surface area contributed by atoms with Gasteiger partial charge in [0.1, 0.15) is 4.84 Å². The molecule has 0 nitrogen and oxygen atoms in total. The van der Waals surface area contributed by atoms with Crippen LogP contribution in [0.4, 0.5) is 0 Å². The molecule has 0 saturated heterocycles. The average Bonchev–Trinajstić information content (AvgIpc) is 2.79. The van der Waals surface area contributed by atoms with Gasteiger partial charge in [0, 0.05) is 0 Å². The van der Waals surface area contributed by atoms with Crippen LogP contribution in [0.2, 0.25) is 0 Å². The predicted octanol–water partition coefficient (Wildman–Crippen LogP) is 10.4. The highest BCUT2D eigenvalue weighted by atomic mass is 35.5. The Morgan fingerprint density at radius 1 is 0.333 bits per heavy atom. The van der Waals surface area contributed by atoms with Crippen LogP contribution in [0.15, 0.2) is 0 Å². The molecule has 2 heteroatoms. The molecule has 0 radical (unpaired) electrons. The van der Waals surface area contributed by atoms with Gasteiger partial charge in [-0.2, -0.15) is 0 Å². The van der Waals surface area contributed by atoms with Crippen molar-refractivity contribution >= 4 is 23.2 Å². The molecule has 4 rings (SSSR count). The lowest BCUT2D eigenvalue weighted by molar-refractivity contribution is 0.376. The fraction of sp³-hybridized carbons (Fsp3) is 1.00. The van der Waals surface area contributed by atoms with E-state index in [2.05, 4.69) is 0 Å². The first-order valence-corrected chi connectivity index (χ1v) is 13.5. The monoisotopic (exact) mass is 418 g/mol. The van der Waals surface area contributed by atoms with Gasteiger partial charge in [0.25, 0.3) is 0 Å². The van der Waals surface area contributed by atoms with Crippen molar-refractivity contribution in [2.24, 2.45) is 5.92 Å². The maximum absolute atomic E-state index is 5.72. The fourth-order valence-corrected chi connectivity index (χ4v) is 5.07. The van der Waals surface area contributed by atoms with Gasteiger partial charge in [-0.15, -0.1) is 23.2 Å². The van der Waals surface area contributed by atoms with Crippen LogP contribution in [0.3, 0.4) is 0 Å². The molecule has 4 aliphatic rings. The summed E-state index contributed by atoms with van der Waals surface area (Å²) in [6.07, 6.45) is 33.5. The smallest absolute Gasteiger partial charge is 0.105 e. The van der Waals surface area contributed by atoms with Crippen molar-refractivity contribution < 1.29 is 0 Å². The van der Waals surface area contributed by atoms with Gasteiger partial charge in [0.05, 0.1) is 0 Å². The molecule has 0 amide bonds. The molecule has 27 heavy (non-hydrogen) atoms. The van der Waals surface area contributed by atoms with Gasteiger partial charge in [-0.05, 0) is 18.8 Å². The van der Waals surface area contributed by atoms with E-state index in [0.29, 0.717) is 5.92 Å². The Morgan fingerprint density at radius 3 is 0.667 bits per heavy atom. The van der Waals surface area contributed by atoms with Crippen molar-refractivity contribution in [3.63, 3.8) is 0 Å². The highest BCUT2D eigenvalue weighted by Crippen LogP contribution is 2.30. The van der Waals surface area contributed by atoms with Gasteiger partial charge in [-0.3, -0.25) is 0 Å². The summed E-state index contributed by atoms with van der Waals surface area (Å²) in [6.45, 7) is 0. The second-order valence-electron chi connectivity index (χ2n) is 9.10. The topological polar surface area (TPSA) is 0 Å². The molecule has 162 valence electrons. The molecular formula is C25H48Cl2. The van der Waals surface area contributed by atoms with Gasteiger partial charge < -0.3 is 0 Å². The standard InChI is InChI=1S/C7H12Cl2.3C6H12/c8-7(9)6-4-2-1-3-5-6;3*1-2-4-6-5-3-1/h6-7H,1-5H2;3*1-6H2. The molecule has 4 saturated carbocycles. The van der Waals surface area contributed by atoms with Crippen LogP contribution in [0, 0.1) is 5.92 Å². The third-order valence-corrected chi connectivity index (χ3v) is 7.22. The van der Waals surface area contributed by atoms with Crippen molar-refractivity contribution in [3.8, 4) is 0 Å². The zero-order valence-corrected chi connectivity index (χ0v) is 19.7. The van der Waals surface area contributed by atoms with E-state index in [0.717, 1.165) is 0 Å². The molecular weight excluding hydrogens is 371 g/mol. The minimum absolute atomic E-state index is 0.120. The predicted molar refractivity (Wildman–Crippen MR) is 125 cm³/mol. The fourth-order valence-electron chi connectivity index (χ4n) is 4.57. The Morgan fingerprint density at radius 2 is 0.519 bits per heavy atom. The molecule has 0 atom stereocenters. The Hall–Kier alpha value is 0.580. The molecule has 0 aliphatic heterocycles. The highest BCUT2D eigenvalue weighted by molar-refractivity contribution is 6.44. The molecule has 0 aromatic rings. The zero-order valence-electron chi connectivity index (χ0n) is 18.2. The van der Waals surface area contributed by atoms with E-state index in [-0.39, 0.29) is 4.84 Å². The number of rotatable bonds is 1.